The molecule has 168 valence electrons. The van der Waals surface area contributed by atoms with Crippen LogP contribution in [0.15, 0.2) is 36.4 Å². The van der Waals surface area contributed by atoms with Crippen LogP contribution >= 0.6 is 11.6 Å². The highest BCUT2D eigenvalue weighted by molar-refractivity contribution is 6.34. The molecule has 5 rings (SSSR count). The number of nitrogens with two attached hydrogens (primary N) is 1. The average molecular weight is 454 g/mol. The summed E-state index contributed by atoms with van der Waals surface area (Å²) in [7, 11) is 0. The molecule has 3 aromatic rings. The molecule has 7 nitrogen and oxygen atoms in total. The number of hydrogen-bond donors (Lipinski definition) is 1. The van der Waals surface area contributed by atoms with Gasteiger partial charge in [0, 0.05) is 43.5 Å². The number of ether oxygens (including phenoxy) is 1. The smallest absolute Gasteiger partial charge is 0.267 e. The average Bonchev–Trinajstić information content (AvgIpc) is 3.16. The van der Waals surface area contributed by atoms with Gasteiger partial charge >= 0.3 is 0 Å². The van der Waals surface area contributed by atoms with Gasteiger partial charge < -0.3 is 15.4 Å². The number of hydrogen-bond acceptors (Lipinski definition) is 5. The summed E-state index contributed by atoms with van der Waals surface area (Å²) >= 11 is 6.23. The predicted octanol–water partition coefficient (Wildman–Crippen LogP) is 3.36. The maximum atomic E-state index is 11.8. The Morgan fingerprint density at radius 1 is 1.09 bits per heavy atom. The van der Waals surface area contributed by atoms with E-state index in [2.05, 4.69) is 40.0 Å². The molecule has 0 atom stereocenters. The molecule has 0 unspecified atom stereocenters. The SMILES string of the molecule is Cc1cc(N2CCC(N3CCOCC3)CC2)ccc1-c1ccc2c(Cl)cc(C(N)=O)n2n1. The van der Waals surface area contributed by atoms with Gasteiger partial charge in [0.25, 0.3) is 5.91 Å². The van der Waals surface area contributed by atoms with Crippen LogP contribution in [0.5, 0.6) is 0 Å². The second kappa shape index (κ2) is 8.73. The first kappa shape index (κ1) is 21.2. The highest BCUT2D eigenvalue weighted by atomic mass is 35.5. The number of carbonyl (C=O) groups excluding carboxylic acids is 1. The fraction of sp³-hybridized carbons (Fsp3) is 0.417. The van der Waals surface area contributed by atoms with Gasteiger partial charge in [-0.2, -0.15) is 5.10 Å². The minimum absolute atomic E-state index is 0.282. The molecule has 0 aliphatic carbocycles. The summed E-state index contributed by atoms with van der Waals surface area (Å²) < 4.78 is 7.03. The number of anilines is 1. The van der Waals surface area contributed by atoms with Gasteiger partial charge in [-0.1, -0.05) is 17.7 Å². The quantitative estimate of drug-likeness (QED) is 0.655. The van der Waals surface area contributed by atoms with Crippen molar-refractivity contribution >= 4 is 28.7 Å². The van der Waals surface area contributed by atoms with E-state index in [1.165, 1.54) is 23.0 Å². The molecule has 2 aromatic heterocycles. The van der Waals surface area contributed by atoms with E-state index in [0.717, 1.165) is 56.2 Å². The molecule has 2 aliphatic heterocycles. The summed E-state index contributed by atoms with van der Waals surface area (Å²) in [5, 5.41) is 5.12. The molecule has 2 fully saturated rings. The van der Waals surface area contributed by atoms with E-state index < -0.39 is 5.91 Å². The van der Waals surface area contributed by atoms with Crippen molar-refractivity contribution < 1.29 is 9.53 Å². The summed E-state index contributed by atoms with van der Waals surface area (Å²) in [6, 6.07) is 12.5. The Labute approximate surface area is 192 Å². The van der Waals surface area contributed by atoms with Gasteiger partial charge in [-0.3, -0.25) is 9.69 Å². The lowest BCUT2D eigenvalue weighted by molar-refractivity contribution is 0.0115. The van der Waals surface area contributed by atoms with Gasteiger partial charge in [0.1, 0.15) is 5.69 Å². The summed E-state index contributed by atoms with van der Waals surface area (Å²) in [5.74, 6) is -0.552. The highest BCUT2D eigenvalue weighted by Gasteiger charge is 2.26. The van der Waals surface area contributed by atoms with E-state index >= 15 is 0 Å². The summed E-state index contributed by atoms with van der Waals surface area (Å²) in [6.07, 6.45) is 2.37. The molecule has 4 heterocycles. The van der Waals surface area contributed by atoms with Crippen molar-refractivity contribution in [2.24, 2.45) is 5.73 Å². The van der Waals surface area contributed by atoms with E-state index in [1.807, 2.05) is 12.1 Å². The monoisotopic (exact) mass is 453 g/mol. The molecule has 1 aromatic carbocycles. The molecule has 32 heavy (non-hydrogen) atoms. The Bertz CT molecular complexity index is 1150. The number of rotatable bonds is 4. The summed E-state index contributed by atoms with van der Waals surface area (Å²) in [6.45, 7) is 8.06. The van der Waals surface area contributed by atoms with E-state index in [-0.39, 0.29) is 5.69 Å². The minimum atomic E-state index is -0.552. The molecule has 2 N–H and O–H groups in total. The van der Waals surface area contributed by atoms with Crippen molar-refractivity contribution in [3.63, 3.8) is 0 Å². The number of fused-ring (bicyclic) bond motifs is 1. The number of aryl methyl sites for hydroxylation is 1. The van der Waals surface area contributed by atoms with E-state index in [0.29, 0.717) is 16.6 Å². The summed E-state index contributed by atoms with van der Waals surface area (Å²) in [4.78, 5) is 16.8. The fourth-order valence-corrected chi connectivity index (χ4v) is 5.17. The Morgan fingerprint density at radius 3 is 2.53 bits per heavy atom. The van der Waals surface area contributed by atoms with Crippen LogP contribution in [0.3, 0.4) is 0 Å². The van der Waals surface area contributed by atoms with Crippen LogP contribution in [0.25, 0.3) is 16.8 Å². The van der Waals surface area contributed by atoms with Gasteiger partial charge in [-0.15, -0.1) is 0 Å². The topological polar surface area (TPSA) is 76.1 Å². The van der Waals surface area contributed by atoms with Crippen molar-refractivity contribution in [1.82, 2.24) is 14.5 Å². The number of primary amides is 1. The van der Waals surface area contributed by atoms with Crippen molar-refractivity contribution in [3.8, 4) is 11.3 Å². The van der Waals surface area contributed by atoms with Gasteiger partial charge in [-0.25, -0.2) is 4.52 Å². The zero-order valence-corrected chi connectivity index (χ0v) is 19.0. The first-order valence-corrected chi connectivity index (χ1v) is 11.5. The summed E-state index contributed by atoms with van der Waals surface area (Å²) in [5.41, 5.74) is 10.6. The molecule has 2 aliphatic rings. The van der Waals surface area contributed by atoms with Gasteiger partial charge in [0.05, 0.1) is 29.4 Å². The molecule has 0 radical (unpaired) electrons. The van der Waals surface area contributed by atoms with Crippen LogP contribution in [0.1, 0.15) is 28.9 Å². The van der Waals surface area contributed by atoms with Crippen LogP contribution in [0.2, 0.25) is 5.02 Å². The lowest BCUT2D eigenvalue weighted by Gasteiger charge is -2.41. The van der Waals surface area contributed by atoms with Crippen molar-refractivity contribution in [3.05, 3.63) is 52.7 Å². The Morgan fingerprint density at radius 2 is 1.84 bits per heavy atom. The fourth-order valence-electron chi connectivity index (χ4n) is 4.93. The molecular weight excluding hydrogens is 426 g/mol. The van der Waals surface area contributed by atoms with Gasteiger partial charge in [-0.05, 0) is 55.7 Å². The molecule has 0 bridgehead atoms. The number of nitrogens with zero attached hydrogens (tertiary/aromatic N) is 4. The Balaban J connectivity index is 1.35. The highest BCUT2D eigenvalue weighted by Crippen LogP contribution is 2.30. The minimum Gasteiger partial charge on any atom is -0.379 e. The third-order valence-electron chi connectivity index (χ3n) is 6.70. The zero-order chi connectivity index (χ0) is 22.2. The lowest BCUT2D eigenvalue weighted by Crippen LogP contribution is -2.49. The third-order valence-corrected chi connectivity index (χ3v) is 7.00. The van der Waals surface area contributed by atoms with E-state index in [9.17, 15) is 4.79 Å². The number of halogens is 1. The van der Waals surface area contributed by atoms with E-state index in [4.69, 9.17) is 22.1 Å². The van der Waals surface area contributed by atoms with Crippen LogP contribution < -0.4 is 10.6 Å². The standard InChI is InChI=1S/C24H28ClN5O2/c1-16-14-18(28-8-6-17(7-9-28)29-10-12-32-13-11-29)2-3-19(16)21-4-5-22-20(25)15-23(24(26)31)30(22)27-21/h2-5,14-15,17H,6-13H2,1H3,(H2,26,31). The molecule has 0 spiro atoms. The lowest BCUT2D eigenvalue weighted by atomic mass is 10.00. The maximum absolute atomic E-state index is 11.8. The number of benzene rings is 1. The number of morpholine rings is 1. The van der Waals surface area contributed by atoms with Crippen molar-refractivity contribution in [2.45, 2.75) is 25.8 Å². The number of carbonyl (C=O) groups is 1. The molecule has 1 amide bonds. The zero-order valence-electron chi connectivity index (χ0n) is 18.3. The molecule has 2 saturated heterocycles. The largest absolute Gasteiger partial charge is 0.379 e. The van der Waals surface area contributed by atoms with Gasteiger partial charge in [0.15, 0.2) is 0 Å². The molecule has 8 heteroatoms. The number of piperidine rings is 1. The number of amides is 1. The Hall–Kier alpha value is -2.61. The predicted molar refractivity (Wildman–Crippen MR) is 127 cm³/mol. The number of aromatic nitrogens is 2. The first-order valence-electron chi connectivity index (χ1n) is 11.2. The molecular formula is C24H28ClN5O2. The second-order valence-corrected chi connectivity index (χ2v) is 9.03. The maximum Gasteiger partial charge on any atom is 0.267 e. The van der Waals surface area contributed by atoms with Crippen LogP contribution in [0, 0.1) is 6.92 Å². The van der Waals surface area contributed by atoms with Crippen molar-refractivity contribution in [1.29, 1.82) is 0 Å². The van der Waals surface area contributed by atoms with Crippen LogP contribution in [-0.4, -0.2) is 65.9 Å². The van der Waals surface area contributed by atoms with E-state index in [1.54, 1.807) is 6.07 Å². The third kappa shape index (κ3) is 3.96. The van der Waals surface area contributed by atoms with Crippen molar-refractivity contribution in [2.75, 3.05) is 44.3 Å². The normalized spacial score (nSPS) is 18.4. The van der Waals surface area contributed by atoms with Crippen LogP contribution in [-0.2, 0) is 4.74 Å². The second-order valence-electron chi connectivity index (χ2n) is 8.62. The van der Waals surface area contributed by atoms with Gasteiger partial charge in [0.2, 0.25) is 0 Å². The molecule has 0 saturated carbocycles. The first-order chi connectivity index (χ1) is 15.5. The van der Waals surface area contributed by atoms with Crippen LogP contribution in [0.4, 0.5) is 5.69 Å². The Kier molecular flexibility index (Phi) is 5.80.